The highest BCUT2D eigenvalue weighted by Gasteiger charge is 2.29. The molecule has 1 rings (SSSR count). The minimum atomic E-state index is -1.16. The highest BCUT2D eigenvalue weighted by atomic mass is 32.1. The first kappa shape index (κ1) is 23.6. The molecular weight excluding hydrogens is 408 g/mol. The Balaban J connectivity index is 2.86. The number of amides is 2. The molecule has 0 aliphatic heterocycles. The summed E-state index contributed by atoms with van der Waals surface area (Å²) in [5.74, 6) is -0.683. The fourth-order valence-electron chi connectivity index (χ4n) is 1.77. The lowest BCUT2D eigenvalue weighted by atomic mass is 10.2. The molecule has 10 nitrogen and oxygen atoms in total. The Morgan fingerprint density at radius 2 is 1.82 bits per heavy atom. The van der Waals surface area contributed by atoms with Crippen molar-refractivity contribution in [3.63, 3.8) is 0 Å². The molecule has 2 amide bonds. The summed E-state index contributed by atoms with van der Waals surface area (Å²) in [6, 6.07) is -1.16. The zero-order chi connectivity index (χ0) is 21.3. The second-order valence-electron chi connectivity index (χ2n) is 6.21. The summed E-state index contributed by atoms with van der Waals surface area (Å²) in [6.45, 7) is 8.75. The second-order valence-corrected chi connectivity index (χ2v) is 7.47. The molecule has 0 aromatic carbocycles. The number of hydrogen-bond donors (Lipinski definition) is 3. The molecule has 1 atom stereocenters. The number of carbonyl (C=O) groups is 3. The van der Waals surface area contributed by atoms with Gasteiger partial charge in [-0.15, -0.1) is 11.3 Å². The van der Waals surface area contributed by atoms with E-state index < -0.39 is 29.8 Å². The van der Waals surface area contributed by atoms with Gasteiger partial charge in [-0.05, 0) is 46.8 Å². The monoisotopic (exact) mass is 432 g/mol. The van der Waals surface area contributed by atoms with Crippen molar-refractivity contribution in [2.75, 3.05) is 18.5 Å². The van der Waals surface area contributed by atoms with Crippen molar-refractivity contribution in [3.05, 3.63) is 11.1 Å². The molecule has 12 heteroatoms. The third-order valence-electron chi connectivity index (χ3n) is 2.71. The lowest BCUT2D eigenvalue weighted by molar-refractivity contribution is -0.145. The second kappa shape index (κ2) is 10.8. The number of nitrogens with one attached hydrogen (secondary N) is 3. The standard InChI is InChI=1S/C16H24N4O6S2/c1-6-24-11(21)10(18-15(23)26-16(3,4)5)9-8-28-13(17-9)19-12(27)20-14(22)25-7-2/h8,10H,6-7H2,1-5H3,(H,18,23)(H2,17,19,20,22,27). The van der Waals surface area contributed by atoms with E-state index in [1.54, 1.807) is 40.0 Å². The topological polar surface area (TPSA) is 128 Å². The molecule has 0 saturated carbocycles. The van der Waals surface area contributed by atoms with Crippen molar-refractivity contribution in [1.29, 1.82) is 0 Å². The molecule has 0 fully saturated rings. The molecule has 0 aliphatic rings. The normalized spacial score (nSPS) is 11.8. The Hall–Kier alpha value is -2.47. The van der Waals surface area contributed by atoms with Gasteiger partial charge in [0, 0.05) is 5.38 Å². The Labute approximate surface area is 172 Å². The van der Waals surface area contributed by atoms with Gasteiger partial charge >= 0.3 is 18.2 Å². The van der Waals surface area contributed by atoms with Gasteiger partial charge < -0.3 is 24.8 Å². The van der Waals surface area contributed by atoms with Crippen LogP contribution in [0.1, 0.15) is 46.4 Å². The van der Waals surface area contributed by atoms with Crippen LogP contribution in [-0.2, 0) is 19.0 Å². The Kier molecular flexibility index (Phi) is 9.06. The van der Waals surface area contributed by atoms with E-state index in [9.17, 15) is 14.4 Å². The summed E-state index contributed by atoms with van der Waals surface area (Å²) < 4.78 is 14.9. The number of alkyl carbamates (subject to hydrolysis) is 2. The number of thiazole rings is 1. The van der Waals surface area contributed by atoms with E-state index in [0.29, 0.717) is 5.13 Å². The van der Waals surface area contributed by atoms with Crippen molar-refractivity contribution in [3.8, 4) is 0 Å². The van der Waals surface area contributed by atoms with Crippen LogP contribution in [0.5, 0.6) is 0 Å². The Morgan fingerprint density at radius 3 is 2.39 bits per heavy atom. The molecule has 28 heavy (non-hydrogen) atoms. The average molecular weight is 433 g/mol. The molecular formula is C16H24N4O6S2. The molecule has 0 bridgehead atoms. The number of rotatable bonds is 6. The highest BCUT2D eigenvalue weighted by molar-refractivity contribution is 7.80. The largest absolute Gasteiger partial charge is 0.464 e. The summed E-state index contributed by atoms with van der Waals surface area (Å²) in [5.41, 5.74) is -0.501. The number of esters is 1. The molecule has 0 spiro atoms. The lowest BCUT2D eigenvalue weighted by Crippen LogP contribution is -2.39. The van der Waals surface area contributed by atoms with Crippen LogP contribution in [0.2, 0.25) is 0 Å². The molecule has 0 saturated heterocycles. The van der Waals surface area contributed by atoms with E-state index in [4.69, 9.17) is 26.4 Å². The molecule has 156 valence electrons. The fourth-order valence-corrected chi connectivity index (χ4v) is 2.75. The first-order valence-electron chi connectivity index (χ1n) is 8.42. The molecule has 1 aromatic heterocycles. The average Bonchev–Trinajstić information content (AvgIpc) is 2.99. The number of ether oxygens (including phenoxy) is 3. The number of hydrogen-bond acceptors (Lipinski definition) is 9. The minimum Gasteiger partial charge on any atom is -0.464 e. The third kappa shape index (κ3) is 8.48. The molecule has 1 heterocycles. The van der Waals surface area contributed by atoms with E-state index >= 15 is 0 Å². The third-order valence-corrected chi connectivity index (χ3v) is 3.69. The number of anilines is 1. The van der Waals surface area contributed by atoms with Crippen molar-refractivity contribution >= 4 is 52.0 Å². The SMILES string of the molecule is CCOC(=O)NC(=S)Nc1nc(C(NC(=O)OC(C)(C)C)C(=O)OCC)cs1. The Morgan fingerprint density at radius 1 is 1.18 bits per heavy atom. The van der Waals surface area contributed by atoms with Gasteiger partial charge in [-0.3, -0.25) is 5.32 Å². The van der Waals surface area contributed by atoms with Crippen LogP contribution in [0.3, 0.4) is 0 Å². The smallest absolute Gasteiger partial charge is 0.413 e. The van der Waals surface area contributed by atoms with Crippen LogP contribution >= 0.6 is 23.6 Å². The number of carbonyl (C=O) groups excluding carboxylic acids is 3. The predicted octanol–water partition coefficient (Wildman–Crippen LogP) is 2.71. The van der Waals surface area contributed by atoms with E-state index in [1.807, 2.05) is 0 Å². The molecule has 1 aromatic rings. The minimum absolute atomic E-state index is 0.0212. The summed E-state index contributed by atoms with van der Waals surface area (Å²) in [7, 11) is 0. The fraction of sp³-hybridized carbons (Fsp3) is 0.562. The maximum Gasteiger partial charge on any atom is 0.413 e. The molecule has 1 unspecified atom stereocenters. The summed E-state index contributed by atoms with van der Waals surface area (Å²) in [4.78, 5) is 39.9. The van der Waals surface area contributed by atoms with Gasteiger partial charge in [0.25, 0.3) is 0 Å². The lowest BCUT2D eigenvalue weighted by Gasteiger charge is -2.22. The van der Waals surface area contributed by atoms with E-state index in [2.05, 4.69) is 20.9 Å². The first-order valence-corrected chi connectivity index (χ1v) is 9.70. The van der Waals surface area contributed by atoms with Crippen LogP contribution in [0, 0.1) is 0 Å². The highest BCUT2D eigenvalue weighted by Crippen LogP contribution is 2.22. The van der Waals surface area contributed by atoms with E-state index in [-0.39, 0.29) is 24.0 Å². The van der Waals surface area contributed by atoms with Gasteiger partial charge in [0.05, 0.1) is 18.9 Å². The summed E-state index contributed by atoms with van der Waals surface area (Å²) in [5, 5.41) is 9.29. The molecule has 0 aliphatic carbocycles. The summed E-state index contributed by atoms with van der Waals surface area (Å²) in [6.07, 6.45) is -1.49. The van der Waals surface area contributed by atoms with Crippen LogP contribution in [0.25, 0.3) is 0 Å². The van der Waals surface area contributed by atoms with Gasteiger partial charge in [-0.25, -0.2) is 19.4 Å². The van der Waals surface area contributed by atoms with Gasteiger partial charge in [0.2, 0.25) is 0 Å². The van der Waals surface area contributed by atoms with E-state index in [0.717, 1.165) is 11.3 Å². The maximum absolute atomic E-state index is 12.2. The quantitative estimate of drug-likeness (QED) is 0.353. The van der Waals surface area contributed by atoms with Crippen molar-refractivity contribution in [2.24, 2.45) is 0 Å². The summed E-state index contributed by atoms with van der Waals surface area (Å²) >= 11 is 6.11. The van der Waals surface area contributed by atoms with Gasteiger partial charge in [-0.1, -0.05) is 0 Å². The van der Waals surface area contributed by atoms with Crippen molar-refractivity contribution in [1.82, 2.24) is 15.6 Å². The van der Waals surface area contributed by atoms with Gasteiger partial charge in [0.15, 0.2) is 16.3 Å². The number of thiocarbonyl (C=S) groups is 1. The van der Waals surface area contributed by atoms with E-state index in [1.165, 1.54) is 0 Å². The van der Waals surface area contributed by atoms with Crippen molar-refractivity contribution in [2.45, 2.75) is 46.3 Å². The first-order chi connectivity index (χ1) is 13.1. The maximum atomic E-state index is 12.2. The van der Waals surface area contributed by atoms with Crippen LogP contribution in [-0.4, -0.2) is 47.1 Å². The number of nitrogens with zero attached hydrogens (tertiary/aromatic N) is 1. The molecule has 0 radical (unpaired) electrons. The van der Waals surface area contributed by atoms with Crippen LogP contribution in [0.4, 0.5) is 14.7 Å². The number of aromatic nitrogens is 1. The van der Waals surface area contributed by atoms with Gasteiger partial charge in [-0.2, -0.15) is 0 Å². The Bertz CT molecular complexity index is 716. The van der Waals surface area contributed by atoms with Crippen LogP contribution in [0.15, 0.2) is 5.38 Å². The predicted molar refractivity (Wildman–Crippen MR) is 107 cm³/mol. The molecule has 3 N–H and O–H groups in total. The zero-order valence-electron chi connectivity index (χ0n) is 16.3. The van der Waals surface area contributed by atoms with Crippen molar-refractivity contribution < 1.29 is 28.6 Å². The zero-order valence-corrected chi connectivity index (χ0v) is 17.9. The van der Waals surface area contributed by atoms with Crippen LogP contribution < -0.4 is 16.0 Å². The van der Waals surface area contributed by atoms with Gasteiger partial charge in [0.1, 0.15) is 5.60 Å².